The van der Waals surface area contributed by atoms with E-state index in [-0.39, 0.29) is 69.1 Å². The SMILES string of the molecule is CCC[CH2][Sn]([CH2]CCC)([CH2]CCC)[c]1ccccn1.COC(=O)c1cc(-c2cncc(Cl)c2)cnc1-c1ccccn1.COC(=O)c1cc(-c2cncc(Cl)c2)cnc1Cl.COC(=O)c1cc(I)cnc1Cl.COc1ccc(CN)nc1OC.COc1ccc(CNC(=O)c2cc(-c3cncc(Cl)c3)cnc2-c2ccccn2)nc1OC.O=C([O-])c1cc(-c2cncc(Cl)c2)cnc1-c1ccccn1.OB(O)c1cncc(Cl)c1.[Na+]. The molecule has 0 aliphatic heterocycles. The summed E-state index contributed by atoms with van der Waals surface area (Å²) in [5.74, 6) is -1.17. The molecule has 1 amide bonds. The summed E-state index contributed by atoms with van der Waals surface area (Å²) in [6.45, 7) is 7.57. The number of carbonyl (C=O) groups excluding carboxylic acids is 5. The summed E-state index contributed by atoms with van der Waals surface area (Å²) in [4.78, 5) is 126. The van der Waals surface area contributed by atoms with E-state index in [4.69, 9.17) is 126 Å². The van der Waals surface area contributed by atoms with Gasteiger partial charge in [0.15, 0.2) is 11.5 Å². The normalized spacial score (nSPS) is 10.3. The summed E-state index contributed by atoms with van der Waals surface area (Å²) < 4.78 is 41.4. The molecule has 150 heavy (non-hydrogen) atoms. The van der Waals surface area contributed by atoms with Gasteiger partial charge < -0.3 is 64.2 Å². The van der Waals surface area contributed by atoms with Crippen LogP contribution in [0.1, 0.15) is 122 Å². The third-order valence-corrected chi connectivity index (χ3v) is 38.7. The van der Waals surface area contributed by atoms with E-state index in [1.807, 2.05) is 40.9 Å². The maximum absolute atomic E-state index is 13.2. The first-order valence-corrected chi connectivity index (χ1v) is 56.8. The van der Waals surface area contributed by atoms with Crippen LogP contribution in [0.3, 0.4) is 0 Å². The van der Waals surface area contributed by atoms with E-state index in [0.29, 0.717) is 133 Å². The Balaban J connectivity index is 0.000000214. The first-order chi connectivity index (χ1) is 72.0. The number of esters is 3. The number of rotatable bonds is 30. The Bertz CT molecular complexity index is 7070. The van der Waals surface area contributed by atoms with Gasteiger partial charge in [0.05, 0.1) is 144 Å². The number of carboxylic acids is 1. The predicted octanol–water partition coefficient (Wildman–Crippen LogP) is 17.5. The topological polar surface area (TPSA) is 458 Å². The fourth-order valence-corrected chi connectivity index (χ4v) is 31.1. The van der Waals surface area contributed by atoms with E-state index in [1.165, 1.54) is 124 Å². The van der Waals surface area contributed by atoms with Crippen molar-refractivity contribution in [2.24, 2.45) is 5.73 Å². The molecular weight excluding hydrogens is 2290 g/mol. The van der Waals surface area contributed by atoms with Gasteiger partial charge in [-0.3, -0.25) is 59.6 Å². The second-order valence-electron chi connectivity index (χ2n) is 31.4. The molecule has 33 nitrogen and oxygen atoms in total. The van der Waals surface area contributed by atoms with Gasteiger partial charge in [0.2, 0.25) is 0 Å². The molecule has 0 bridgehead atoms. The zero-order valence-electron chi connectivity index (χ0n) is 83.3. The molecule has 16 aromatic rings. The number of pyridine rings is 16. The van der Waals surface area contributed by atoms with Crippen LogP contribution in [0.2, 0.25) is 48.7 Å². The van der Waals surface area contributed by atoms with E-state index in [9.17, 15) is 29.1 Å². The summed E-state index contributed by atoms with van der Waals surface area (Å²) in [5.41, 5.74) is 16.8. The Hall–Kier alpha value is -12.5. The van der Waals surface area contributed by atoms with E-state index >= 15 is 0 Å². The van der Waals surface area contributed by atoms with Gasteiger partial charge in [0, 0.05) is 177 Å². The van der Waals surface area contributed by atoms with Crippen molar-refractivity contribution in [1.82, 2.24) is 85.1 Å². The van der Waals surface area contributed by atoms with Gasteiger partial charge in [-0.05, 0) is 144 Å². The molecule has 16 heterocycles. The van der Waals surface area contributed by atoms with E-state index in [0.717, 1.165) is 31.5 Å². The Morgan fingerprint density at radius 3 is 1.09 bits per heavy atom. The molecule has 5 N–H and O–H groups in total. The number of methoxy groups -OCH3 is 7. The number of carbonyl (C=O) groups is 5. The minimum atomic E-state index is -2.21. The van der Waals surface area contributed by atoms with Crippen LogP contribution in [-0.2, 0) is 27.3 Å². The largest absolute Gasteiger partial charge is 1.00 e. The number of amides is 1. The number of hydrogen-bond acceptors (Lipinski definition) is 32. The molecule has 44 heteroatoms. The number of nitrogens with one attached hydrogen (secondary N) is 1. The summed E-state index contributed by atoms with van der Waals surface area (Å²) in [6, 6.07) is 46.3. The van der Waals surface area contributed by atoms with Crippen molar-refractivity contribution in [2.75, 3.05) is 49.8 Å². The van der Waals surface area contributed by atoms with Gasteiger partial charge in [0.1, 0.15) is 21.7 Å². The number of aromatic carboxylic acids is 1. The van der Waals surface area contributed by atoms with Crippen molar-refractivity contribution < 1.29 is 102 Å². The Labute approximate surface area is 943 Å². The standard InChI is InChI=1S/C24H20ClN5O3.C17H12ClN3O2.C16H10ClN3O2.C12H8Cl2N2O2.C8H12N2O2.C7H5ClINO2.C5H5BClNO2.C5H4N.3C4H9.Na.Sn/c1-32-21-7-6-18(30-24(21)33-2)14-29-23(31)19-10-16(15-9-17(25)13-26-11-15)12-28-22(19)20-5-3-4-8-27-20;1-23-17(22)14-7-12(11-6-13(18)10-19-8-11)9-21-16(14)15-4-2-3-5-20-15;17-12-5-10(7-18-9-12)11-6-13(16(21)22)15(20-8-11)14-3-1-2-4-19-14;1-18-12(17)10-3-8(5-16-11(10)14)7-2-9(13)6-15-4-7;1-11-7-4-3-6(5-9)10-8(7)12-2;1-12-7(11)5-2-4(9)3-10-6(5)8;7-5-1-4(6(9)10)2-8-3-5;1-2-4-6-5-3-1;3*1-3-4-2;;/h3-13H,14H2,1-2H3,(H,29,31);2-10H,1H3;1-9H,(H,21,22);2-6H,1H3;3-4H,5,9H2,1-2H3;2-3H,1H3;1-3,9-10H;1-4H;3*1,3-4H2,2H3;;/q;;;;;;;;;;;+1;/p-1. The van der Waals surface area contributed by atoms with Gasteiger partial charge >= 0.3 is 179 Å². The third kappa shape index (κ3) is 37.8. The van der Waals surface area contributed by atoms with Crippen LogP contribution in [0, 0.1) is 3.57 Å². The Kier molecular flexibility index (Phi) is 53.0. The first kappa shape index (κ1) is 123. The van der Waals surface area contributed by atoms with Crippen LogP contribution in [0.5, 0.6) is 23.3 Å². The van der Waals surface area contributed by atoms with Gasteiger partial charge in [-0.2, -0.15) is 0 Å². The minimum absolute atomic E-state index is 0. The molecule has 0 unspecified atom stereocenters. The van der Waals surface area contributed by atoms with Crippen LogP contribution in [0.25, 0.3) is 78.7 Å². The number of halogens is 8. The number of nitrogens with zero attached hydrogens (tertiary/aromatic N) is 16. The van der Waals surface area contributed by atoms with Gasteiger partial charge in [-0.1, -0.05) is 99.4 Å². The minimum Gasteiger partial charge on any atom is -0.545 e. The molecule has 0 saturated carbocycles. The van der Waals surface area contributed by atoms with Crippen molar-refractivity contribution in [1.29, 1.82) is 0 Å². The zero-order valence-corrected chi connectivity index (χ0v) is 95.6. The molecule has 16 rings (SSSR count). The molecule has 0 aliphatic rings. The van der Waals surface area contributed by atoms with Crippen molar-refractivity contribution >= 4 is 168 Å². The molecule has 0 atom stereocenters. The number of aromatic nitrogens is 16. The van der Waals surface area contributed by atoms with Crippen LogP contribution in [0.15, 0.2) is 275 Å². The Morgan fingerprint density at radius 2 is 0.733 bits per heavy atom. The fraction of sp³-hybridized carbons (Fsp3) is 0.198. The van der Waals surface area contributed by atoms with Crippen LogP contribution in [0.4, 0.5) is 0 Å². The third-order valence-electron chi connectivity index (χ3n) is 21.4. The number of hydrogen-bond donors (Lipinski definition) is 4. The summed E-state index contributed by atoms with van der Waals surface area (Å²) in [5, 5.41) is 34.2. The molecule has 0 aliphatic carbocycles. The number of carboxylic acid groups (broad SMARTS) is 1. The summed E-state index contributed by atoms with van der Waals surface area (Å²) >= 11 is 40.6. The van der Waals surface area contributed by atoms with E-state index < -0.39 is 49.4 Å². The second kappa shape index (κ2) is 64.9. The molecule has 0 spiro atoms. The average Bonchev–Trinajstić information content (AvgIpc) is 0.807. The first-order valence-electron chi connectivity index (χ1n) is 45.6. The molecule has 16 aromatic heterocycles. The van der Waals surface area contributed by atoms with Crippen LogP contribution in [-0.4, -0.2) is 195 Å². The smallest absolute Gasteiger partial charge is 0.545 e. The van der Waals surface area contributed by atoms with Gasteiger partial charge in [0.25, 0.3) is 17.7 Å². The fourth-order valence-electron chi connectivity index (χ4n) is 14.0. The average molecular weight is 2400 g/mol. The molecule has 0 fully saturated rings. The van der Waals surface area contributed by atoms with Crippen molar-refractivity contribution in [3.05, 3.63) is 354 Å². The van der Waals surface area contributed by atoms with Crippen molar-refractivity contribution in [2.45, 2.75) is 85.7 Å². The number of ether oxygens (including phenoxy) is 7. The molecule has 0 radical (unpaired) electrons. The Morgan fingerprint density at radius 1 is 0.387 bits per heavy atom. The van der Waals surface area contributed by atoms with E-state index in [1.54, 1.807) is 220 Å². The van der Waals surface area contributed by atoms with Crippen molar-refractivity contribution in [3.63, 3.8) is 0 Å². The molecule has 0 saturated heterocycles. The summed E-state index contributed by atoms with van der Waals surface area (Å²) in [7, 11) is 8.59. The molecule has 0 aromatic carbocycles. The van der Waals surface area contributed by atoms with Gasteiger partial charge in [-0.25, -0.2) is 34.3 Å². The molecular formula is C106H102BCl7IN18NaO15Sn. The van der Waals surface area contributed by atoms with Crippen molar-refractivity contribution in [3.8, 4) is 102 Å². The second-order valence-corrected chi connectivity index (χ2v) is 48.6. The number of nitrogens with two attached hydrogens (primary N) is 1. The van der Waals surface area contributed by atoms with Gasteiger partial charge in [-0.15, -0.1) is 0 Å². The predicted molar refractivity (Wildman–Crippen MR) is 587 cm³/mol. The van der Waals surface area contributed by atoms with Crippen LogP contribution >= 0.6 is 104 Å². The van der Waals surface area contributed by atoms with Crippen LogP contribution < -0.4 is 73.8 Å². The quantitative estimate of drug-likeness (QED) is 0.0107. The monoisotopic (exact) mass is 2390 g/mol. The maximum Gasteiger partial charge on any atom is 1.00 e. The maximum atomic E-state index is 13.2. The number of unbranched alkanes of at least 4 members (excludes halogenated alkanes) is 3. The van der Waals surface area contributed by atoms with E-state index in [2.05, 4.69) is 129 Å². The summed E-state index contributed by atoms with van der Waals surface area (Å²) in [6.07, 6.45) is 38.6. The molecule has 770 valence electrons. The zero-order chi connectivity index (χ0) is 108.